The van der Waals surface area contributed by atoms with Crippen LogP contribution in [0.3, 0.4) is 0 Å². The third kappa shape index (κ3) is 3.18. The monoisotopic (exact) mass is 311 g/mol. The van der Waals surface area contributed by atoms with Gasteiger partial charge < -0.3 is 4.90 Å². The van der Waals surface area contributed by atoms with E-state index >= 15 is 0 Å². The van der Waals surface area contributed by atoms with Gasteiger partial charge in [0.15, 0.2) is 0 Å². The van der Waals surface area contributed by atoms with Crippen molar-refractivity contribution in [1.82, 2.24) is 14.7 Å². The molecule has 1 unspecified atom stereocenters. The quantitative estimate of drug-likeness (QED) is 0.872. The lowest BCUT2D eigenvalue weighted by Crippen LogP contribution is -2.33. The number of amides is 1. The lowest BCUT2D eigenvalue weighted by atomic mass is 10.0. The van der Waals surface area contributed by atoms with Crippen LogP contribution in [-0.4, -0.2) is 27.1 Å². The molecule has 1 saturated heterocycles. The molecule has 1 aromatic heterocycles. The van der Waals surface area contributed by atoms with Gasteiger partial charge in [-0.25, -0.2) is 4.68 Å². The number of aryl methyl sites for hydroxylation is 1. The van der Waals surface area contributed by atoms with Gasteiger partial charge in [-0.3, -0.25) is 9.59 Å². The summed E-state index contributed by atoms with van der Waals surface area (Å²) in [5.41, 5.74) is 1.34. The first-order valence-electron chi connectivity index (χ1n) is 8.15. The van der Waals surface area contributed by atoms with Gasteiger partial charge >= 0.3 is 0 Å². The second-order valence-corrected chi connectivity index (χ2v) is 5.85. The fourth-order valence-electron chi connectivity index (χ4n) is 3.11. The molecule has 0 saturated carbocycles. The summed E-state index contributed by atoms with van der Waals surface area (Å²) in [6, 6.07) is 13.2. The van der Waals surface area contributed by atoms with E-state index in [1.54, 1.807) is 0 Å². The van der Waals surface area contributed by atoms with Gasteiger partial charge in [0.2, 0.25) is 0 Å². The number of carbonyl (C=O) groups is 1. The molecule has 120 valence electrons. The minimum absolute atomic E-state index is 0.0945. The summed E-state index contributed by atoms with van der Waals surface area (Å²) in [7, 11) is 0. The van der Waals surface area contributed by atoms with Crippen molar-refractivity contribution in [2.75, 3.05) is 6.54 Å². The summed E-state index contributed by atoms with van der Waals surface area (Å²) >= 11 is 0. The topological polar surface area (TPSA) is 55.2 Å². The highest BCUT2D eigenvalue weighted by atomic mass is 16.2. The predicted octanol–water partition coefficient (Wildman–Crippen LogP) is 2.63. The highest BCUT2D eigenvalue weighted by Crippen LogP contribution is 2.32. The molecule has 0 radical (unpaired) electrons. The Kier molecular flexibility index (Phi) is 4.55. The Balaban J connectivity index is 1.87. The molecule has 23 heavy (non-hydrogen) atoms. The number of hydrogen-bond acceptors (Lipinski definition) is 3. The van der Waals surface area contributed by atoms with Gasteiger partial charge in [-0.15, -0.1) is 0 Å². The Morgan fingerprint density at radius 3 is 2.74 bits per heavy atom. The van der Waals surface area contributed by atoms with Crippen molar-refractivity contribution >= 4 is 5.91 Å². The first-order valence-corrected chi connectivity index (χ1v) is 8.15. The second kappa shape index (κ2) is 6.77. The summed E-state index contributed by atoms with van der Waals surface area (Å²) in [6.07, 6.45) is 2.76. The Bertz CT molecular complexity index is 739. The van der Waals surface area contributed by atoms with E-state index in [0.717, 1.165) is 31.4 Å². The molecule has 3 rings (SSSR count). The summed E-state index contributed by atoms with van der Waals surface area (Å²) in [4.78, 5) is 26.5. The summed E-state index contributed by atoms with van der Waals surface area (Å²) < 4.78 is 1.38. The van der Waals surface area contributed by atoms with Crippen molar-refractivity contribution in [2.24, 2.45) is 0 Å². The smallest absolute Gasteiger partial charge is 0.274 e. The van der Waals surface area contributed by atoms with Gasteiger partial charge in [0.25, 0.3) is 11.5 Å². The van der Waals surface area contributed by atoms with Crippen molar-refractivity contribution in [3.63, 3.8) is 0 Å². The molecule has 0 N–H and O–H groups in total. The molecule has 5 heteroatoms. The second-order valence-electron chi connectivity index (χ2n) is 5.85. The van der Waals surface area contributed by atoms with E-state index in [0.29, 0.717) is 12.2 Å². The number of benzene rings is 1. The van der Waals surface area contributed by atoms with E-state index in [-0.39, 0.29) is 17.5 Å². The maximum atomic E-state index is 12.8. The minimum Gasteiger partial charge on any atom is -0.330 e. The van der Waals surface area contributed by atoms with E-state index in [9.17, 15) is 9.59 Å². The molecular formula is C18H21N3O2. The highest BCUT2D eigenvalue weighted by molar-refractivity contribution is 5.92. The molecule has 0 aliphatic carbocycles. The van der Waals surface area contributed by atoms with Crippen molar-refractivity contribution < 1.29 is 4.79 Å². The molecule has 0 spiro atoms. The zero-order valence-electron chi connectivity index (χ0n) is 13.3. The molecule has 1 aliphatic rings. The van der Waals surface area contributed by atoms with E-state index in [2.05, 4.69) is 17.2 Å². The van der Waals surface area contributed by atoms with Gasteiger partial charge in [-0.2, -0.15) is 5.10 Å². The molecule has 2 heterocycles. The number of carbonyl (C=O) groups excluding carboxylic acids is 1. The molecular weight excluding hydrogens is 290 g/mol. The zero-order chi connectivity index (χ0) is 16.2. The Labute approximate surface area is 135 Å². The van der Waals surface area contributed by atoms with Crippen LogP contribution in [0, 0.1) is 0 Å². The van der Waals surface area contributed by atoms with Gasteiger partial charge in [0, 0.05) is 19.2 Å². The van der Waals surface area contributed by atoms with Crippen LogP contribution in [0.4, 0.5) is 0 Å². The van der Waals surface area contributed by atoms with Gasteiger partial charge in [-0.1, -0.05) is 37.3 Å². The maximum absolute atomic E-state index is 12.8. The molecule has 1 fully saturated rings. The predicted molar refractivity (Wildman–Crippen MR) is 88.2 cm³/mol. The standard InChI is InChI=1S/C18H21N3O2/c1-2-12-21-17(22)11-10-15(19-21)18(23)20-13-6-9-16(20)14-7-4-3-5-8-14/h3-5,7-8,10-11,16H,2,6,9,12-13H2,1H3. The highest BCUT2D eigenvalue weighted by Gasteiger charge is 2.31. The minimum atomic E-state index is -0.163. The lowest BCUT2D eigenvalue weighted by molar-refractivity contribution is 0.0726. The molecule has 0 bridgehead atoms. The van der Waals surface area contributed by atoms with Crippen molar-refractivity contribution in [3.05, 3.63) is 64.1 Å². The van der Waals surface area contributed by atoms with Crippen LogP contribution in [0.25, 0.3) is 0 Å². The SMILES string of the molecule is CCCn1nc(C(=O)N2CCCC2c2ccccc2)ccc1=O. The molecule has 1 atom stereocenters. The van der Waals surface area contributed by atoms with Crippen LogP contribution in [0.1, 0.15) is 48.3 Å². The van der Waals surface area contributed by atoms with Crippen LogP contribution in [-0.2, 0) is 6.54 Å². The number of aromatic nitrogens is 2. The van der Waals surface area contributed by atoms with Gasteiger partial charge in [-0.05, 0) is 30.9 Å². The van der Waals surface area contributed by atoms with Gasteiger partial charge in [0.1, 0.15) is 5.69 Å². The number of likely N-dealkylation sites (tertiary alicyclic amines) is 1. The average Bonchev–Trinajstić information content (AvgIpc) is 3.07. The fourth-order valence-corrected chi connectivity index (χ4v) is 3.11. The number of rotatable bonds is 4. The third-order valence-corrected chi connectivity index (χ3v) is 4.22. The molecule has 1 amide bonds. The molecule has 1 aliphatic heterocycles. The summed E-state index contributed by atoms with van der Waals surface area (Å²) in [5.74, 6) is -0.0961. The number of nitrogens with zero attached hydrogens (tertiary/aromatic N) is 3. The van der Waals surface area contributed by atoms with E-state index in [1.165, 1.54) is 16.8 Å². The first-order chi connectivity index (χ1) is 11.2. The summed E-state index contributed by atoms with van der Waals surface area (Å²) in [6.45, 7) is 3.24. The molecule has 2 aromatic rings. The average molecular weight is 311 g/mol. The van der Waals surface area contributed by atoms with Crippen molar-refractivity contribution in [3.8, 4) is 0 Å². The fraction of sp³-hybridized carbons (Fsp3) is 0.389. The van der Waals surface area contributed by atoms with Crippen LogP contribution in [0.2, 0.25) is 0 Å². The van der Waals surface area contributed by atoms with Crippen LogP contribution < -0.4 is 5.56 Å². The molecule has 1 aromatic carbocycles. The first kappa shape index (κ1) is 15.5. The van der Waals surface area contributed by atoms with E-state index in [4.69, 9.17) is 0 Å². The Hall–Kier alpha value is -2.43. The zero-order valence-corrected chi connectivity index (χ0v) is 13.3. The lowest BCUT2D eigenvalue weighted by Gasteiger charge is -2.24. The normalized spacial score (nSPS) is 17.4. The maximum Gasteiger partial charge on any atom is 0.274 e. The molecule has 5 nitrogen and oxygen atoms in total. The Morgan fingerprint density at radius 2 is 2.00 bits per heavy atom. The van der Waals surface area contributed by atoms with E-state index in [1.807, 2.05) is 30.0 Å². The summed E-state index contributed by atoms with van der Waals surface area (Å²) in [5, 5.41) is 4.25. The number of hydrogen-bond donors (Lipinski definition) is 0. The largest absolute Gasteiger partial charge is 0.330 e. The van der Waals surface area contributed by atoms with Crippen molar-refractivity contribution in [2.45, 2.75) is 38.8 Å². The van der Waals surface area contributed by atoms with E-state index < -0.39 is 0 Å². The van der Waals surface area contributed by atoms with Gasteiger partial charge in [0.05, 0.1) is 6.04 Å². The van der Waals surface area contributed by atoms with Crippen molar-refractivity contribution in [1.29, 1.82) is 0 Å². The van der Waals surface area contributed by atoms with Crippen LogP contribution in [0.5, 0.6) is 0 Å². The third-order valence-electron chi connectivity index (χ3n) is 4.22. The van der Waals surface area contributed by atoms with Crippen LogP contribution in [0.15, 0.2) is 47.3 Å². The Morgan fingerprint density at radius 1 is 1.22 bits per heavy atom. The van der Waals surface area contributed by atoms with Crippen LogP contribution >= 0.6 is 0 Å².